The van der Waals surface area contributed by atoms with Gasteiger partial charge in [0.05, 0.1) is 0 Å². The van der Waals surface area contributed by atoms with Gasteiger partial charge in [0.25, 0.3) is 0 Å². The number of benzene rings is 1. The van der Waals surface area contributed by atoms with Crippen molar-refractivity contribution < 1.29 is 0 Å². The molecule has 2 N–H and O–H groups in total. The van der Waals surface area contributed by atoms with Gasteiger partial charge >= 0.3 is 0 Å². The van der Waals surface area contributed by atoms with Crippen molar-refractivity contribution in [3.05, 3.63) is 57.8 Å². The maximum Gasteiger partial charge on any atom is 0.00827 e. The summed E-state index contributed by atoms with van der Waals surface area (Å²) in [5.74, 6) is 0. The van der Waals surface area contributed by atoms with Crippen molar-refractivity contribution in [3.63, 3.8) is 0 Å². The fourth-order valence-electron chi connectivity index (χ4n) is 2.03. The molecule has 1 aromatic heterocycles. The van der Waals surface area contributed by atoms with Crippen LogP contribution in [-0.4, -0.2) is 6.04 Å². The summed E-state index contributed by atoms with van der Waals surface area (Å²) in [6.45, 7) is 2.13. The Morgan fingerprint density at radius 2 is 2.12 bits per heavy atom. The highest BCUT2D eigenvalue weighted by Crippen LogP contribution is 2.12. The second-order valence-electron chi connectivity index (χ2n) is 4.62. The fraction of sp³-hybridized carbons (Fsp3) is 0.333. The normalized spacial score (nSPS) is 12.6. The number of aryl methyl sites for hydroxylation is 2. The molecule has 1 nitrogen and oxygen atoms in total. The molecule has 0 spiro atoms. The second-order valence-corrected chi connectivity index (χ2v) is 5.40. The smallest absolute Gasteiger partial charge is 0.00827 e. The maximum absolute atomic E-state index is 6.16. The quantitative estimate of drug-likeness (QED) is 0.856. The minimum Gasteiger partial charge on any atom is -0.327 e. The van der Waals surface area contributed by atoms with Crippen LogP contribution in [-0.2, 0) is 12.8 Å². The van der Waals surface area contributed by atoms with Crippen molar-refractivity contribution in [2.75, 3.05) is 0 Å². The van der Waals surface area contributed by atoms with Gasteiger partial charge in [-0.25, -0.2) is 0 Å². The van der Waals surface area contributed by atoms with Gasteiger partial charge in [0, 0.05) is 6.04 Å². The summed E-state index contributed by atoms with van der Waals surface area (Å²) in [5, 5.41) is 4.30. The zero-order valence-electron chi connectivity index (χ0n) is 10.2. The SMILES string of the molecule is Cc1cccc(CCC(N)Cc2ccsc2)c1. The molecule has 2 rings (SSSR count). The Hall–Kier alpha value is -1.12. The van der Waals surface area contributed by atoms with Crippen molar-refractivity contribution in [1.29, 1.82) is 0 Å². The first kappa shape index (κ1) is 12.3. The Labute approximate surface area is 107 Å². The zero-order valence-corrected chi connectivity index (χ0v) is 11.0. The Balaban J connectivity index is 1.82. The van der Waals surface area contributed by atoms with E-state index < -0.39 is 0 Å². The Morgan fingerprint density at radius 1 is 1.24 bits per heavy atom. The van der Waals surface area contributed by atoms with Gasteiger partial charge < -0.3 is 5.73 Å². The summed E-state index contributed by atoms with van der Waals surface area (Å²) in [6, 6.07) is 11.1. The van der Waals surface area contributed by atoms with Crippen LogP contribution in [0.25, 0.3) is 0 Å². The van der Waals surface area contributed by atoms with Gasteiger partial charge in [-0.3, -0.25) is 0 Å². The van der Waals surface area contributed by atoms with Crippen LogP contribution >= 0.6 is 11.3 Å². The van der Waals surface area contributed by atoms with Crippen molar-refractivity contribution in [2.45, 2.75) is 32.2 Å². The molecule has 1 aromatic carbocycles. The second kappa shape index (κ2) is 5.99. The third-order valence-corrected chi connectivity index (χ3v) is 3.70. The third kappa shape index (κ3) is 3.99. The molecule has 90 valence electrons. The molecule has 1 unspecified atom stereocenters. The zero-order chi connectivity index (χ0) is 12.1. The van der Waals surface area contributed by atoms with Crippen molar-refractivity contribution in [3.8, 4) is 0 Å². The minimum absolute atomic E-state index is 0.269. The largest absolute Gasteiger partial charge is 0.327 e. The predicted molar refractivity (Wildman–Crippen MR) is 75.5 cm³/mol. The number of hydrogen-bond acceptors (Lipinski definition) is 2. The molecule has 0 saturated carbocycles. The summed E-state index contributed by atoms with van der Waals surface area (Å²) in [7, 11) is 0. The van der Waals surface area contributed by atoms with E-state index >= 15 is 0 Å². The average Bonchev–Trinajstić information content (AvgIpc) is 2.79. The highest BCUT2D eigenvalue weighted by Gasteiger charge is 2.05. The molecule has 0 aliphatic rings. The molecule has 0 bridgehead atoms. The molecular weight excluding hydrogens is 226 g/mol. The molecule has 2 aromatic rings. The first-order valence-corrected chi connectivity index (χ1v) is 7.00. The molecule has 1 atom stereocenters. The van der Waals surface area contributed by atoms with Crippen molar-refractivity contribution in [2.24, 2.45) is 5.73 Å². The van der Waals surface area contributed by atoms with Crippen LogP contribution in [0.5, 0.6) is 0 Å². The van der Waals surface area contributed by atoms with Crippen LogP contribution in [0.1, 0.15) is 23.1 Å². The summed E-state index contributed by atoms with van der Waals surface area (Å²) in [6.07, 6.45) is 3.13. The molecule has 17 heavy (non-hydrogen) atoms. The topological polar surface area (TPSA) is 26.0 Å². The molecule has 1 heterocycles. The highest BCUT2D eigenvalue weighted by atomic mass is 32.1. The molecule has 0 radical (unpaired) electrons. The van der Waals surface area contributed by atoms with Gasteiger partial charge in [0.15, 0.2) is 0 Å². The summed E-state index contributed by atoms with van der Waals surface area (Å²) < 4.78 is 0. The summed E-state index contributed by atoms with van der Waals surface area (Å²) in [4.78, 5) is 0. The monoisotopic (exact) mass is 245 g/mol. The van der Waals surface area contributed by atoms with E-state index in [1.54, 1.807) is 11.3 Å². The molecule has 0 aliphatic carbocycles. The number of thiophene rings is 1. The average molecular weight is 245 g/mol. The van der Waals surface area contributed by atoms with E-state index in [9.17, 15) is 0 Å². The lowest BCUT2D eigenvalue weighted by Crippen LogP contribution is -2.23. The van der Waals surface area contributed by atoms with Gasteiger partial charge in [-0.1, -0.05) is 29.8 Å². The molecule has 0 fully saturated rings. The van der Waals surface area contributed by atoms with E-state index in [4.69, 9.17) is 5.73 Å². The minimum atomic E-state index is 0.269. The maximum atomic E-state index is 6.16. The van der Waals surface area contributed by atoms with E-state index in [0.717, 1.165) is 19.3 Å². The first-order chi connectivity index (χ1) is 8.24. The van der Waals surface area contributed by atoms with Gasteiger partial charge in [0.2, 0.25) is 0 Å². The first-order valence-electron chi connectivity index (χ1n) is 6.06. The van der Waals surface area contributed by atoms with Gasteiger partial charge in [-0.2, -0.15) is 11.3 Å². The fourth-order valence-corrected chi connectivity index (χ4v) is 2.71. The lowest BCUT2D eigenvalue weighted by atomic mass is 10.0. The van der Waals surface area contributed by atoms with Crippen LogP contribution in [0, 0.1) is 6.92 Å². The number of nitrogens with two attached hydrogens (primary N) is 1. The van der Waals surface area contributed by atoms with Crippen molar-refractivity contribution in [1.82, 2.24) is 0 Å². The van der Waals surface area contributed by atoms with E-state index in [-0.39, 0.29) is 6.04 Å². The van der Waals surface area contributed by atoms with Gasteiger partial charge in [-0.05, 0) is 54.1 Å². The highest BCUT2D eigenvalue weighted by molar-refractivity contribution is 7.07. The molecule has 0 saturated heterocycles. The standard InChI is InChI=1S/C15H19NS/c1-12-3-2-4-13(9-12)5-6-15(16)10-14-7-8-17-11-14/h2-4,7-9,11,15H,5-6,10,16H2,1H3. The van der Waals surface area contributed by atoms with Gasteiger partial charge in [-0.15, -0.1) is 0 Å². The molecule has 0 amide bonds. The van der Waals surface area contributed by atoms with E-state index in [1.165, 1.54) is 16.7 Å². The third-order valence-electron chi connectivity index (χ3n) is 2.96. The van der Waals surface area contributed by atoms with Gasteiger partial charge in [0.1, 0.15) is 0 Å². The predicted octanol–water partition coefficient (Wildman–Crippen LogP) is 3.56. The van der Waals surface area contributed by atoms with Crippen molar-refractivity contribution >= 4 is 11.3 Å². The number of rotatable bonds is 5. The van der Waals surface area contributed by atoms with Crippen LogP contribution in [0.3, 0.4) is 0 Å². The lowest BCUT2D eigenvalue weighted by molar-refractivity contribution is 0.611. The summed E-state index contributed by atoms with van der Waals surface area (Å²) in [5.41, 5.74) is 10.2. The van der Waals surface area contributed by atoms with E-state index in [1.807, 2.05) is 0 Å². The summed E-state index contributed by atoms with van der Waals surface area (Å²) >= 11 is 1.74. The van der Waals surface area contributed by atoms with Crippen LogP contribution in [0.4, 0.5) is 0 Å². The molecule has 0 aliphatic heterocycles. The molecule has 2 heteroatoms. The van der Waals surface area contributed by atoms with Crippen LogP contribution in [0.15, 0.2) is 41.1 Å². The van der Waals surface area contributed by atoms with E-state index in [0.29, 0.717) is 0 Å². The van der Waals surface area contributed by atoms with E-state index in [2.05, 4.69) is 48.0 Å². The Kier molecular flexibility index (Phi) is 4.35. The van der Waals surface area contributed by atoms with Crippen LogP contribution < -0.4 is 5.73 Å². The lowest BCUT2D eigenvalue weighted by Gasteiger charge is -2.10. The Morgan fingerprint density at radius 3 is 2.82 bits per heavy atom. The molecular formula is C15H19NS. The Bertz CT molecular complexity index is 448. The van der Waals surface area contributed by atoms with Crippen LogP contribution in [0.2, 0.25) is 0 Å². The number of hydrogen-bond donors (Lipinski definition) is 1.